The number of amides is 2. The predicted molar refractivity (Wildman–Crippen MR) is 147 cm³/mol. The van der Waals surface area contributed by atoms with Crippen molar-refractivity contribution in [3.63, 3.8) is 0 Å². The van der Waals surface area contributed by atoms with E-state index in [2.05, 4.69) is 5.32 Å². The van der Waals surface area contributed by atoms with Crippen molar-refractivity contribution in [2.24, 2.45) is 5.73 Å². The van der Waals surface area contributed by atoms with E-state index in [0.29, 0.717) is 27.3 Å². The van der Waals surface area contributed by atoms with Crippen LogP contribution >= 0.6 is 11.6 Å². The third-order valence-corrected chi connectivity index (χ3v) is 7.10. The molecule has 2 amide bonds. The molecule has 1 aliphatic carbocycles. The summed E-state index contributed by atoms with van der Waals surface area (Å²) in [6.45, 7) is -0.640. The fourth-order valence-corrected chi connectivity index (χ4v) is 4.88. The normalized spacial score (nSPS) is 13.9. The molecule has 0 bridgehead atoms. The number of halogens is 1. The maximum absolute atomic E-state index is 13.4. The molecule has 0 saturated heterocycles. The summed E-state index contributed by atoms with van der Waals surface area (Å²) in [4.78, 5) is 37.7. The van der Waals surface area contributed by atoms with Gasteiger partial charge in [0.1, 0.15) is 5.75 Å². The number of nitrogens with one attached hydrogen (secondary N) is 1. The van der Waals surface area contributed by atoms with Gasteiger partial charge in [-0.2, -0.15) is 0 Å². The van der Waals surface area contributed by atoms with E-state index in [-0.39, 0.29) is 43.4 Å². The fraction of sp³-hybridized carbons (Fsp3) is 0.276. The van der Waals surface area contributed by atoms with E-state index >= 15 is 0 Å². The lowest BCUT2D eigenvalue weighted by Crippen LogP contribution is -2.38. The monoisotopic (exact) mass is 549 g/mol. The van der Waals surface area contributed by atoms with Crippen LogP contribution in [0.2, 0.25) is 5.02 Å². The molecule has 1 atom stereocenters. The maximum Gasteiger partial charge on any atom is 0.252 e. The summed E-state index contributed by atoms with van der Waals surface area (Å²) in [7, 11) is 0. The average molecular weight is 550 g/mol. The molecule has 0 radical (unpaired) electrons. The van der Waals surface area contributed by atoms with E-state index in [4.69, 9.17) is 27.2 Å². The Morgan fingerprint density at radius 3 is 2.59 bits per heavy atom. The Kier molecular flexibility index (Phi) is 7.56. The number of primary amides is 1. The Morgan fingerprint density at radius 2 is 1.87 bits per heavy atom. The maximum atomic E-state index is 13.4. The fourth-order valence-electron chi connectivity index (χ4n) is 4.70. The van der Waals surface area contributed by atoms with Crippen LogP contribution in [0.25, 0.3) is 21.7 Å². The molecular weight excluding hydrogens is 522 g/mol. The number of nitrogens with two attached hydrogens (primary N) is 1. The van der Waals surface area contributed by atoms with Crippen LogP contribution in [0.5, 0.6) is 5.75 Å². The van der Waals surface area contributed by atoms with Gasteiger partial charge in [0, 0.05) is 34.2 Å². The highest BCUT2D eigenvalue weighted by molar-refractivity contribution is 6.31. The van der Waals surface area contributed by atoms with Gasteiger partial charge in [0.2, 0.25) is 5.78 Å². The van der Waals surface area contributed by atoms with E-state index in [1.807, 2.05) is 18.2 Å². The number of aliphatic hydroxyl groups is 2. The van der Waals surface area contributed by atoms with Gasteiger partial charge in [0.05, 0.1) is 18.7 Å². The molecule has 4 aromatic rings. The average Bonchev–Trinajstić information content (AvgIpc) is 3.72. The van der Waals surface area contributed by atoms with Crippen molar-refractivity contribution in [1.82, 2.24) is 9.88 Å². The van der Waals surface area contributed by atoms with Crippen LogP contribution in [0, 0.1) is 0 Å². The van der Waals surface area contributed by atoms with E-state index in [1.54, 1.807) is 41.1 Å². The summed E-state index contributed by atoms with van der Waals surface area (Å²) in [5.41, 5.74) is 7.93. The second-order valence-electron chi connectivity index (χ2n) is 9.69. The Balaban J connectivity index is 1.43. The van der Waals surface area contributed by atoms with Crippen molar-refractivity contribution in [1.29, 1.82) is 0 Å². The summed E-state index contributed by atoms with van der Waals surface area (Å²) in [5, 5.41) is 24.5. The Bertz CT molecular complexity index is 1590. The highest BCUT2D eigenvalue weighted by Crippen LogP contribution is 2.41. The van der Waals surface area contributed by atoms with E-state index in [9.17, 15) is 19.5 Å². The molecule has 5 N–H and O–H groups in total. The molecular formula is C29H28ClN3O6. The third kappa shape index (κ3) is 5.75. The highest BCUT2D eigenvalue weighted by Gasteiger charge is 2.26. The topological polar surface area (TPSA) is 144 Å². The number of nitrogens with zero attached hydrogens (tertiary/aromatic N) is 1. The van der Waals surface area contributed by atoms with Gasteiger partial charge >= 0.3 is 0 Å². The van der Waals surface area contributed by atoms with Gasteiger partial charge in [-0.05, 0) is 65.4 Å². The van der Waals surface area contributed by atoms with Gasteiger partial charge < -0.3 is 30.6 Å². The van der Waals surface area contributed by atoms with Crippen molar-refractivity contribution in [2.75, 3.05) is 19.8 Å². The summed E-state index contributed by atoms with van der Waals surface area (Å²) in [6, 6.07) is 14.3. The molecule has 1 fully saturated rings. The number of fused-ring (bicyclic) bond motifs is 2. The number of benzene rings is 3. The van der Waals surface area contributed by atoms with E-state index in [1.165, 1.54) is 0 Å². The van der Waals surface area contributed by atoms with Crippen LogP contribution in [0.3, 0.4) is 0 Å². The molecule has 0 aliphatic heterocycles. The van der Waals surface area contributed by atoms with Gasteiger partial charge in [-0.15, -0.1) is 0 Å². The first-order valence-corrected chi connectivity index (χ1v) is 13.0. The molecule has 1 aliphatic rings. The standard InChI is InChI=1S/C29H28ClN3O6/c30-20-5-3-18-12-27(22(28(31)37)10-19(18)9-20)39-15-26(36)23-13-33(14-25(35)29(38)32-7-8-34)24-11-17(16-1-2-16)4-6-21(23)24/h3-6,9-13,16,25,34-35H,1-2,7-8,14-15H2,(H2,31,37)(H,32,38)/t25-/m0/s1. The molecule has 202 valence electrons. The first-order chi connectivity index (χ1) is 18.7. The van der Waals surface area contributed by atoms with Gasteiger partial charge in [0.25, 0.3) is 11.8 Å². The number of rotatable bonds is 11. The van der Waals surface area contributed by atoms with Gasteiger partial charge in [-0.3, -0.25) is 14.4 Å². The van der Waals surface area contributed by atoms with Gasteiger partial charge in [-0.1, -0.05) is 29.8 Å². The summed E-state index contributed by atoms with van der Waals surface area (Å²) < 4.78 is 7.50. The van der Waals surface area contributed by atoms with Crippen molar-refractivity contribution in [3.05, 3.63) is 76.4 Å². The summed E-state index contributed by atoms with van der Waals surface area (Å²) >= 11 is 6.07. The van der Waals surface area contributed by atoms with Crippen molar-refractivity contribution >= 4 is 50.9 Å². The van der Waals surface area contributed by atoms with Crippen LogP contribution in [-0.2, 0) is 11.3 Å². The van der Waals surface area contributed by atoms with Gasteiger partial charge in [-0.25, -0.2) is 0 Å². The lowest BCUT2D eigenvalue weighted by atomic mass is 10.0. The number of carbonyl (C=O) groups is 3. The molecule has 39 heavy (non-hydrogen) atoms. The first kappa shape index (κ1) is 26.7. The predicted octanol–water partition coefficient (Wildman–Crippen LogP) is 3.16. The minimum absolute atomic E-state index is 0.0321. The van der Waals surface area contributed by atoms with E-state index < -0.39 is 17.9 Å². The van der Waals surface area contributed by atoms with Crippen molar-refractivity contribution < 1.29 is 29.3 Å². The summed E-state index contributed by atoms with van der Waals surface area (Å²) in [5.74, 6) is -1.01. The zero-order valence-corrected chi connectivity index (χ0v) is 21.8. The molecule has 10 heteroatoms. The first-order valence-electron chi connectivity index (χ1n) is 12.6. The van der Waals surface area contributed by atoms with Crippen molar-refractivity contribution in [2.45, 2.75) is 31.4 Å². The lowest BCUT2D eigenvalue weighted by Gasteiger charge is -2.13. The van der Waals surface area contributed by atoms with Crippen LogP contribution < -0.4 is 15.8 Å². The number of ketones is 1. The van der Waals surface area contributed by atoms with Gasteiger partial charge in [0.15, 0.2) is 12.7 Å². The Morgan fingerprint density at radius 1 is 1.08 bits per heavy atom. The van der Waals surface area contributed by atoms with E-state index in [0.717, 1.165) is 29.3 Å². The molecule has 1 saturated carbocycles. The molecule has 5 rings (SSSR count). The Labute approximate surface area is 229 Å². The molecule has 9 nitrogen and oxygen atoms in total. The zero-order chi connectivity index (χ0) is 27.7. The highest BCUT2D eigenvalue weighted by atomic mass is 35.5. The number of aliphatic hydroxyl groups excluding tert-OH is 2. The number of hydrogen-bond donors (Lipinski definition) is 4. The van der Waals surface area contributed by atoms with Crippen LogP contribution in [0.4, 0.5) is 0 Å². The molecule has 1 heterocycles. The molecule has 1 aromatic heterocycles. The minimum atomic E-state index is -1.37. The lowest BCUT2D eigenvalue weighted by molar-refractivity contribution is -0.130. The zero-order valence-electron chi connectivity index (χ0n) is 21.0. The second kappa shape index (κ2) is 11.1. The van der Waals surface area contributed by atoms with Crippen LogP contribution in [-0.4, -0.2) is 58.2 Å². The second-order valence-corrected chi connectivity index (χ2v) is 10.1. The van der Waals surface area contributed by atoms with Crippen LogP contribution in [0.1, 0.15) is 45.0 Å². The number of carbonyl (C=O) groups excluding carboxylic acids is 3. The number of Topliss-reactive ketones (excluding diaryl/α,β-unsaturated/α-hetero) is 1. The minimum Gasteiger partial charge on any atom is -0.485 e. The third-order valence-electron chi connectivity index (χ3n) is 6.86. The largest absolute Gasteiger partial charge is 0.485 e. The number of aromatic nitrogens is 1. The number of ether oxygens (including phenoxy) is 1. The SMILES string of the molecule is NC(=O)c1cc2cc(Cl)ccc2cc1OCC(=O)c1cn(C[C@H](O)C(=O)NCCO)c2cc(C3CC3)ccc12. The smallest absolute Gasteiger partial charge is 0.252 e. The molecule has 3 aromatic carbocycles. The van der Waals surface area contributed by atoms with Crippen LogP contribution in [0.15, 0.2) is 54.7 Å². The molecule has 0 spiro atoms. The van der Waals surface area contributed by atoms with Crippen molar-refractivity contribution in [3.8, 4) is 5.75 Å². The molecule has 0 unspecified atom stereocenters. The summed E-state index contributed by atoms with van der Waals surface area (Å²) in [6.07, 6.45) is 2.42. The number of hydrogen-bond acceptors (Lipinski definition) is 6. The quantitative estimate of drug-likeness (QED) is 0.212. The Hall–Kier alpha value is -3.92.